The van der Waals surface area contributed by atoms with Gasteiger partial charge in [-0.25, -0.2) is 4.98 Å². The van der Waals surface area contributed by atoms with E-state index in [9.17, 15) is 9.59 Å². The molecule has 0 saturated heterocycles. The van der Waals surface area contributed by atoms with Crippen molar-refractivity contribution in [2.45, 2.75) is 0 Å². The number of amides is 1. The van der Waals surface area contributed by atoms with Crippen LogP contribution in [0.2, 0.25) is 0 Å². The maximum Gasteiger partial charge on any atom is 0.323 e. The summed E-state index contributed by atoms with van der Waals surface area (Å²) in [7, 11) is 1.44. The summed E-state index contributed by atoms with van der Waals surface area (Å²) in [5.41, 5.74) is 1.54. The molecule has 98 valence electrons. The average molecular weight is 259 g/mol. The molecule has 0 bridgehead atoms. The maximum atomic E-state index is 11.7. The molecule has 0 fully saturated rings. The standard InChI is InChI=1S/C13H13N3O3/c1-15(9-13(18)19)12(17)6-5-10-8-14-11-4-2-3-7-16(10)11/h2-8H,9H2,1H3,(H,18,19)/b6-5+. The van der Waals surface area contributed by atoms with Crippen LogP contribution in [0, 0.1) is 0 Å². The van der Waals surface area contributed by atoms with E-state index in [1.54, 1.807) is 12.3 Å². The van der Waals surface area contributed by atoms with Crippen molar-refractivity contribution in [2.75, 3.05) is 13.6 Å². The molecule has 0 aromatic carbocycles. The third-order valence-electron chi connectivity index (χ3n) is 2.59. The third-order valence-corrected chi connectivity index (χ3v) is 2.59. The number of fused-ring (bicyclic) bond motifs is 1. The summed E-state index contributed by atoms with van der Waals surface area (Å²) in [5.74, 6) is -1.41. The topological polar surface area (TPSA) is 74.9 Å². The minimum atomic E-state index is -1.04. The second-order valence-electron chi connectivity index (χ2n) is 4.03. The smallest absolute Gasteiger partial charge is 0.323 e. The van der Waals surface area contributed by atoms with E-state index in [-0.39, 0.29) is 12.5 Å². The molecule has 6 nitrogen and oxygen atoms in total. The lowest BCUT2D eigenvalue weighted by Gasteiger charge is -2.11. The van der Waals surface area contributed by atoms with E-state index in [0.29, 0.717) is 0 Å². The molecule has 0 atom stereocenters. The highest BCUT2D eigenvalue weighted by atomic mass is 16.4. The molecule has 1 amide bonds. The molecule has 0 aliphatic carbocycles. The molecule has 0 unspecified atom stereocenters. The summed E-state index contributed by atoms with van der Waals surface area (Å²) in [5, 5.41) is 8.59. The van der Waals surface area contributed by atoms with Crippen molar-refractivity contribution >= 4 is 23.6 Å². The highest BCUT2D eigenvalue weighted by Crippen LogP contribution is 2.07. The van der Waals surface area contributed by atoms with Crippen molar-refractivity contribution in [1.82, 2.24) is 14.3 Å². The Labute approximate surface area is 109 Å². The number of carbonyl (C=O) groups excluding carboxylic acids is 1. The molecule has 0 radical (unpaired) electrons. The first kappa shape index (κ1) is 12.8. The van der Waals surface area contributed by atoms with Gasteiger partial charge in [0.2, 0.25) is 5.91 Å². The first-order valence-electron chi connectivity index (χ1n) is 5.65. The molecule has 2 rings (SSSR count). The molecule has 2 aromatic rings. The molecular formula is C13H13N3O3. The van der Waals surface area contributed by atoms with Gasteiger partial charge in [0.25, 0.3) is 0 Å². The third kappa shape index (κ3) is 2.98. The van der Waals surface area contributed by atoms with Crippen molar-refractivity contribution in [1.29, 1.82) is 0 Å². The van der Waals surface area contributed by atoms with E-state index in [4.69, 9.17) is 5.11 Å². The van der Waals surface area contributed by atoms with Gasteiger partial charge in [0.05, 0.1) is 11.9 Å². The number of nitrogens with zero attached hydrogens (tertiary/aromatic N) is 3. The van der Waals surface area contributed by atoms with Gasteiger partial charge in [-0.05, 0) is 18.2 Å². The SMILES string of the molecule is CN(CC(=O)O)C(=O)/C=C/c1cnc2ccccn12. The van der Waals surface area contributed by atoms with Crippen molar-refractivity contribution in [3.05, 3.63) is 42.4 Å². The van der Waals surface area contributed by atoms with E-state index < -0.39 is 5.97 Å². The van der Waals surface area contributed by atoms with Crippen LogP contribution >= 0.6 is 0 Å². The molecule has 6 heteroatoms. The zero-order chi connectivity index (χ0) is 13.8. The number of carboxylic acid groups (broad SMARTS) is 1. The number of likely N-dealkylation sites (N-methyl/N-ethyl adjacent to an activating group) is 1. The van der Waals surface area contributed by atoms with Gasteiger partial charge in [0.15, 0.2) is 0 Å². The number of aromatic nitrogens is 2. The van der Waals surface area contributed by atoms with E-state index >= 15 is 0 Å². The Morgan fingerprint density at radius 1 is 1.47 bits per heavy atom. The highest BCUT2D eigenvalue weighted by molar-refractivity contribution is 5.93. The van der Waals surface area contributed by atoms with Crippen molar-refractivity contribution in [2.24, 2.45) is 0 Å². The molecule has 2 heterocycles. The van der Waals surface area contributed by atoms with Gasteiger partial charge in [-0.1, -0.05) is 6.07 Å². The molecule has 0 saturated carbocycles. The summed E-state index contributed by atoms with van der Waals surface area (Å²) in [6.45, 7) is -0.323. The van der Waals surface area contributed by atoms with Crippen molar-refractivity contribution in [3.8, 4) is 0 Å². The number of hydrogen-bond acceptors (Lipinski definition) is 3. The van der Waals surface area contributed by atoms with E-state index in [1.807, 2.05) is 28.8 Å². The quantitative estimate of drug-likeness (QED) is 0.827. The molecular weight excluding hydrogens is 246 g/mol. The summed E-state index contributed by atoms with van der Waals surface area (Å²) < 4.78 is 1.83. The maximum absolute atomic E-state index is 11.7. The summed E-state index contributed by atoms with van der Waals surface area (Å²) in [4.78, 5) is 27.5. The number of hydrogen-bond donors (Lipinski definition) is 1. The van der Waals surface area contributed by atoms with Crippen LogP contribution in [0.1, 0.15) is 5.69 Å². The number of carbonyl (C=O) groups is 2. The van der Waals surface area contributed by atoms with Gasteiger partial charge in [-0.3, -0.25) is 9.59 Å². The lowest BCUT2D eigenvalue weighted by atomic mass is 10.3. The minimum absolute atomic E-state index is 0.323. The second kappa shape index (κ2) is 5.34. The Hall–Kier alpha value is -2.63. The van der Waals surface area contributed by atoms with Gasteiger partial charge in [-0.2, -0.15) is 0 Å². The second-order valence-corrected chi connectivity index (χ2v) is 4.03. The Balaban J connectivity index is 2.14. The van der Waals surface area contributed by atoms with Crippen LogP contribution in [0.15, 0.2) is 36.7 Å². The van der Waals surface area contributed by atoms with Crippen LogP contribution < -0.4 is 0 Å². The first-order valence-corrected chi connectivity index (χ1v) is 5.65. The van der Waals surface area contributed by atoms with Crippen LogP contribution in [0.25, 0.3) is 11.7 Å². The van der Waals surface area contributed by atoms with Crippen LogP contribution in [-0.2, 0) is 9.59 Å². The number of carboxylic acids is 1. The van der Waals surface area contributed by atoms with Gasteiger partial charge < -0.3 is 14.4 Å². The molecule has 2 aromatic heterocycles. The molecule has 1 N–H and O–H groups in total. The van der Waals surface area contributed by atoms with Gasteiger partial charge in [0, 0.05) is 19.3 Å². The number of aliphatic carboxylic acids is 1. The summed E-state index contributed by atoms with van der Waals surface area (Å²) in [6, 6.07) is 5.60. The molecule has 0 aliphatic rings. The normalized spacial score (nSPS) is 11.0. The average Bonchev–Trinajstić information content (AvgIpc) is 2.78. The zero-order valence-electron chi connectivity index (χ0n) is 10.4. The Morgan fingerprint density at radius 2 is 2.26 bits per heavy atom. The molecule has 19 heavy (non-hydrogen) atoms. The Morgan fingerprint density at radius 3 is 3.00 bits per heavy atom. The fourth-order valence-electron chi connectivity index (χ4n) is 1.64. The number of pyridine rings is 1. The molecule has 0 aliphatic heterocycles. The van der Waals surface area contributed by atoms with Crippen molar-refractivity contribution in [3.63, 3.8) is 0 Å². The van der Waals surface area contributed by atoms with Gasteiger partial charge in [-0.15, -0.1) is 0 Å². The fourth-order valence-corrected chi connectivity index (χ4v) is 1.64. The lowest BCUT2D eigenvalue weighted by molar-refractivity contribution is -0.141. The number of imidazole rings is 1. The van der Waals surface area contributed by atoms with Gasteiger partial charge in [0.1, 0.15) is 12.2 Å². The summed E-state index contributed by atoms with van der Waals surface area (Å²) in [6.07, 6.45) is 6.43. The van der Waals surface area contributed by atoms with Crippen LogP contribution in [0.4, 0.5) is 0 Å². The van der Waals surface area contributed by atoms with Crippen LogP contribution in [0.5, 0.6) is 0 Å². The van der Waals surface area contributed by atoms with Crippen LogP contribution in [0.3, 0.4) is 0 Å². The van der Waals surface area contributed by atoms with Crippen molar-refractivity contribution < 1.29 is 14.7 Å². The predicted molar refractivity (Wildman–Crippen MR) is 69.5 cm³/mol. The minimum Gasteiger partial charge on any atom is -0.480 e. The summed E-state index contributed by atoms with van der Waals surface area (Å²) >= 11 is 0. The van der Waals surface area contributed by atoms with E-state index in [2.05, 4.69) is 4.98 Å². The molecule has 0 spiro atoms. The number of rotatable bonds is 4. The lowest BCUT2D eigenvalue weighted by Crippen LogP contribution is -2.30. The Bertz CT molecular complexity index is 645. The fraction of sp³-hybridized carbons (Fsp3) is 0.154. The largest absolute Gasteiger partial charge is 0.480 e. The predicted octanol–water partition coefficient (Wildman–Crippen LogP) is 0.890. The van der Waals surface area contributed by atoms with Crippen LogP contribution in [-0.4, -0.2) is 44.9 Å². The monoisotopic (exact) mass is 259 g/mol. The zero-order valence-corrected chi connectivity index (χ0v) is 10.4. The highest BCUT2D eigenvalue weighted by Gasteiger charge is 2.08. The van der Waals surface area contributed by atoms with E-state index in [0.717, 1.165) is 16.2 Å². The Kier molecular flexibility index (Phi) is 3.61. The van der Waals surface area contributed by atoms with E-state index in [1.165, 1.54) is 13.1 Å². The van der Waals surface area contributed by atoms with Gasteiger partial charge >= 0.3 is 5.97 Å². The first-order chi connectivity index (χ1) is 9.08.